The Morgan fingerprint density at radius 1 is 1.14 bits per heavy atom. The van der Waals surface area contributed by atoms with E-state index in [4.69, 9.17) is 16.3 Å². The number of halogens is 1. The SMILES string of the molecule is O=S(=O)(CCN(CC1CCCO1)S(=O)(=O)c1ccc(Cl)cc1)N1CCNCC1. The molecule has 1 atom stereocenters. The topological polar surface area (TPSA) is 96.0 Å². The molecule has 0 aromatic heterocycles. The Morgan fingerprint density at radius 2 is 1.82 bits per heavy atom. The van der Waals surface area contributed by atoms with E-state index in [1.807, 2.05) is 0 Å². The lowest BCUT2D eigenvalue weighted by atomic mass is 10.2. The Kier molecular flexibility index (Phi) is 7.35. The molecule has 8 nitrogen and oxygen atoms in total. The highest BCUT2D eigenvalue weighted by molar-refractivity contribution is 7.90. The maximum Gasteiger partial charge on any atom is 0.243 e. The molecular weight excluding hydrogens is 426 g/mol. The van der Waals surface area contributed by atoms with Crippen molar-refractivity contribution in [2.24, 2.45) is 0 Å². The van der Waals surface area contributed by atoms with Crippen LogP contribution in [0.4, 0.5) is 0 Å². The van der Waals surface area contributed by atoms with Gasteiger partial charge in [0.25, 0.3) is 0 Å². The van der Waals surface area contributed by atoms with Gasteiger partial charge in [0.15, 0.2) is 0 Å². The first-order chi connectivity index (χ1) is 13.3. The summed E-state index contributed by atoms with van der Waals surface area (Å²) in [5.41, 5.74) is 0. The third kappa shape index (κ3) is 5.44. The fraction of sp³-hybridized carbons (Fsp3) is 0.647. The van der Waals surface area contributed by atoms with Crippen molar-refractivity contribution >= 4 is 31.6 Å². The zero-order valence-corrected chi connectivity index (χ0v) is 18.0. The van der Waals surface area contributed by atoms with Crippen LogP contribution in [0.2, 0.25) is 5.02 Å². The van der Waals surface area contributed by atoms with E-state index in [2.05, 4.69) is 5.32 Å². The standard InChI is InChI=1S/C17H26ClN3O5S2/c18-15-3-5-17(6-4-15)28(24,25)21(14-16-2-1-12-26-16)11-13-27(22,23)20-9-7-19-8-10-20/h3-6,16,19H,1-2,7-14H2. The van der Waals surface area contributed by atoms with E-state index in [9.17, 15) is 16.8 Å². The van der Waals surface area contributed by atoms with Gasteiger partial charge in [-0.15, -0.1) is 0 Å². The molecule has 1 unspecified atom stereocenters. The average Bonchev–Trinajstić information content (AvgIpc) is 3.19. The van der Waals surface area contributed by atoms with Crippen molar-refractivity contribution < 1.29 is 21.6 Å². The Morgan fingerprint density at radius 3 is 2.43 bits per heavy atom. The normalized spacial score (nSPS) is 22.0. The van der Waals surface area contributed by atoms with Gasteiger partial charge in [-0.1, -0.05) is 11.6 Å². The monoisotopic (exact) mass is 451 g/mol. The molecule has 3 rings (SSSR count). The van der Waals surface area contributed by atoms with Gasteiger partial charge in [0.1, 0.15) is 0 Å². The molecule has 2 fully saturated rings. The molecule has 1 N–H and O–H groups in total. The van der Waals surface area contributed by atoms with Gasteiger partial charge >= 0.3 is 0 Å². The molecule has 0 aliphatic carbocycles. The minimum atomic E-state index is -3.86. The van der Waals surface area contributed by atoms with E-state index in [0.717, 1.165) is 12.8 Å². The van der Waals surface area contributed by atoms with Crippen LogP contribution in [0.15, 0.2) is 29.2 Å². The number of piperazine rings is 1. The van der Waals surface area contributed by atoms with Crippen LogP contribution in [0.25, 0.3) is 0 Å². The smallest absolute Gasteiger partial charge is 0.243 e. The van der Waals surface area contributed by atoms with E-state index in [0.29, 0.717) is 37.8 Å². The summed E-state index contributed by atoms with van der Waals surface area (Å²) in [6, 6.07) is 5.89. The number of hydrogen-bond acceptors (Lipinski definition) is 6. The van der Waals surface area contributed by atoms with Crippen molar-refractivity contribution in [1.29, 1.82) is 0 Å². The van der Waals surface area contributed by atoms with Crippen molar-refractivity contribution in [1.82, 2.24) is 13.9 Å². The van der Waals surface area contributed by atoms with Crippen LogP contribution in [-0.2, 0) is 24.8 Å². The molecule has 1 aromatic rings. The van der Waals surface area contributed by atoms with Gasteiger partial charge in [-0.3, -0.25) is 0 Å². The van der Waals surface area contributed by atoms with Crippen molar-refractivity contribution in [3.8, 4) is 0 Å². The summed E-state index contributed by atoms with van der Waals surface area (Å²) in [5, 5.41) is 3.55. The number of nitrogens with zero attached hydrogens (tertiary/aromatic N) is 2. The first-order valence-corrected chi connectivity index (χ1v) is 12.8. The van der Waals surface area contributed by atoms with E-state index >= 15 is 0 Å². The predicted octanol–water partition coefficient (Wildman–Crippen LogP) is 0.745. The minimum Gasteiger partial charge on any atom is -0.377 e. The van der Waals surface area contributed by atoms with Crippen LogP contribution >= 0.6 is 11.6 Å². The number of rotatable bonds is 8. The number of hydrogen-bond donors (Lipinski definition) is 1. The number of nitrogens with one attached hydrogen (secondary N) is 1. The summed E-state index contributed by atoms with van der Waals surface area (Å²) in [6.07, 6.45) is 1.42. The molecule has 1 aromatic carbocycles. The Labute approximate surface area is 171 Å². The molecule has 0 amide bonds. The molecule has 28 heavy (non-hydrogen) atoms. The molecule has 2 saturated heterocycles. The summed E-state index contributed by atoms with van der Waals surface area (Å²) in [5.74, 6) is -0.257. The van der Waals surface area contributed by atoms with Gasteiger partial charge in [0.2, 0.25) is 20.0 Å². The summed E-state index contributed by atoms with van der Waals surface area (Å²) in [4.78, 5) is 0.0921. The lowest BCUT2D eigenvalue weighted by Gasteiger charge is -2.29. The fourth-order valence-electron chi connectivity index (χ4n) is 3.35. The second-order valence-electron chi connectivity index (χ2n) is 6.92. The summed E-state index contributed by atoms with van der Waals surface area (Å²) in [6.45, 7) is 2.62. The van der Waals surface area contributed by atoms with Gasteiger partial charge in [-0.2, -0.15) is 8.61 Å². The van der Waals surface area contributed by atoms with Gasteiger partial charge in [-0.05, 0) is 37.1 Å². The first kappa shape index (κ1) is 21.9. The summed E-state index contributed by atoms with van der Waals surface area (Å²) < 4.78 is 59.8. The molecule has 2 heterocycles. The Balaban J connectivity index is 1.77. The van der Waals surface area contributed by atoms with Crippen molar-refractivity contribution in [3.63, 3.8) is 0 Å². The van der Waals surface area contributed by atoms with E-state index in [1.54, 1.807) is 0 Å². The van der Waals surface area contributed by atoms with Gasteiger partial charge < -0.3 is 10.1 Å². The number of sulfonamides is 2. The van der Waals surface area contributed by atoms with Crippen LogP contribution in [0.5, 0.6) is 0 Å². The van der Waals surface area contributed by atoms with Crippen LogP contribution in [0.1, 0.15) is 12.8 Å². The molecule has 158 valence electrons. The van der Waals surface area contributed by atoms with Gasteiger partial charge in [0, 0.05) is 50.9 Å². The first-order valence-electron chi connectivity index (χ1n) is 9.35. The number of ether oxygens (including phenoxy) is 1. The molecule has 0 bridgehead atoms. The van der Waals surface area contributed by atoms with Crippen LogP contribution in [0, 0.1) is 0 Å². The highest BCUT2D eigenvalue weighted by Gasteiger charge is 2.32. The second-order valence-corrected chi connectivity index (χ2v) is 11.4. The highest BCUT2D eigenvalue weighted by Crippen LogP contribution is 2.22. The molecule has 2 aliphatic heterocycles. The van der Waals surface area contributed by atoms with Crippen molar-refractivity contribution in [3.05, 3.63) is 29.3 Å². The van der Waals surface area contributed by atoms with E-state index < -0.39 is 20.0 Å². The molecular formula is C17H26ClN3O5S2. The molecule has 0 saturated carbocycles. The maximum absolute atomic E-state index is 13.1. The molecule has 0 radical (unpaired) electrons. The second kappa shape index (κ2) is 9.38. The van der Waals surface area contributed by atoms with E-state index in [-0.39, 0.29) is 29.8 Å². The fourth-order valence-corrected chi connectivity index (χ4v) is 6.51. The third-order valence-corrected chi connectivity index (χ3v) is 8.93. The van der Waals surface area contributed by atoms with Gasteiger partial charge in [0.05, 0.1) is 16.8 Å². The highest BCUT2D eigenvalue weighted by atomic mass is 35.5. The third-order valence-electron chi connectivity index (χ3n) is 4.95. The quantitative estimate of drug-likeness (QED) is 0.626. The van der Waals surface area contributed by atoms with Crippen LogP contribution in [-0.4, -0.2) is 83.2 Å². The molecule has 0 spiro atoms. The summed E-state index contributed by atoms with van der Waals surface area (Å²) >= 11 is 5.87. The van der Waals surface area contributed by atoms with Crippen LogP contribution < -0.4 is 5.32 Å². The lowest BCUT2D eigenvalue weighted by Crippen LogP contribution is -2.49. The largest absolute Gasteiger partial charge is 0.377 e. The number of benzene rings is 1. The van der Waals surface area contributed by atoms with Crippen molar-refractivity contribution in [2.45, 2.75) is 23.8 Å². The zero-order chi connectivity index (χ0) is 20.2. The Hall–Kier alpha value is -0.750. The zero-order valence-electron chi connectivity index (χ0n) is 15.6. The Bertz CT molecular complexity index is 849. The van der Waals surface area contributed by atoms with E-state index in [1.165, 1.54) is 32.9 Å². The maximum atomic E-state index is 13.1. The van der Waals surface area contributed by atoms with Crippen molar-refractivity contribution in [2.75, 3.05) is 51.6 Å². The van der Waals surface area contributed by atoms with Gasteiger partial charge in [-0.25, -0.2) is 16.8 Å². The molecule has 11 heteroatoms. The minimum absolute atomic E-state index is 0.0921. The summed E-state index contributed by atoms with van der Waals surface area (Å²) in [7, 11) is -7.39. The average molecular weight is 452 g/mol. The lowest BCUT2D eigenvalue weighted by molar-refractivity contribution is 0.0947. The van der Waals surface area contributed by atoms with Crippen LogP contribution in [0.3, 0.4) is 0 Å². The predicted molar refractivity (Wildman–Crippen MR) is 107 cm³/mol. The molecule has 2 aliphatic rings.